The molecule has 4 rings (SSSR count). The van der Waals surface area contributed by atoms with Crippen LogP contribution in [0.1, 0.15) is 18.5 Å². The van der Waals surface area contributed by atoms with Crippen LogP contribution in [0.15, 0.2) is 53.3 Å². The van der Waals surface area contributed by atoms with Crippen LogP contribution in [0, 0.1) is 0 Å². The van der Waals surface area contributed by atoms with Gasteiger partial charge in [-0.15, -0.1) is 0 Å². The van der Waals surface area contributed by atoms with Gasteiger partial charge in [-0.25, -0.2) is 0 Å². The molecule has 3 N–H and O–H groups in total. The number of carbonyl (C=O) groups is 1. The van der Waals surface area contributed by atoms with Crippen LogP contribution < -0.4 is 21.3 Å². The largest absolute Gasteiger partial charge is 0.497 e. The number of pyridine rings is 1. The summed E-state index contributed by atoms with van der Waals surface area (Å²) in [4.78, 5) is 25.2. The number of amides is 1. The van der Waals surface area contributed by atoms with Gasteiger partial charge in [-0.2, -0.15) is 0 Å². The number of hydrogen-bond donors (Lipinski definition) is 2. The van der Waals surface area contributed by atoms with E-state index in [2.05, 4.69) is 5.32 Å². The first-order chi connectivity index (χ1) is 13.9. The second kappa shape index (κ2) is 7.37. The van der Waals surface area contributed by atoms with Crippen LogP contribution >= 0.6 is 0 Å². The smallest absolute Gasteiger partial charge is 0.258 e. The summed E-state index contributed by atoms with van der Waals surface area (Å²) < 4.78 is 7.08. The maximum absolute atomic E-state index is 13.0. The summed E-state index contributed by atoms with van der Waals surface area (Å²) in [5, 5.41) is 4.41. The topological polar surface area (TPSA) is 86.3 Å². The van der Waals surface area contributed by atoms with Gasteiger partial charge >= 0.3 is 0 Å². The standard InChI is InChI=1S/C23H25N3O3/c1-26-19(10-13-25-22(28)23(24)11-12-23)20(15-6-4-3-5-7-15)18-14-16(29-2)8-9-17(18)21(26)27/h3-9,14H,10-13,24H2,1-2H3,(H,25,28). The summed E-state index contributed by atoms with van der Waals surface area (Å²) >= 11 is 0. The van der Waals surface area contributed by atoms with E-state index in [-0.39, 0.29) is 11.5 Å². The van der Waals surface area contributed by atoms with Crippen LogP contribution in [0.5, 0.6) is 5.75 Å². The van der Waals surface area contributed by atoms with E-state index in [4.69, 9.17) is 10.5 Å². The number of ether oxygens (including phenoxy) is 1. The number of methoxy groups -OCH3 is 1. The van der Waals surface area contributed by atoms with E-state index in [9.17, 15) is 9.59 Å². The van der Waals surface area contributed by atoms with Gasteiger partial charge in [0.1, 0.15) is 5.75 Å². The zero-order chi connectivity index (χ0) is 20.6. The van der Waals surface area contributed by atoms with Crippen LogP contribution in [-0.2, 0) is 18.3 Å². The number of benzene rings is 2. The van der Waals surface area contributed by atoms with Crippen LogP contribution in [0.25, 0.3) is 21.9 Å². The molecule has 1 aromatic heterocycles. The molecule has 2 aromatic carbocycles. The Balaban J connectivity index is 1.82. The highest BCUT2D eigenvalue weighted by molar-refractivity contribution is 5.98. The first kappa shape index (κ1) is 19.2. The molecule has 1 saturated carbocycles. The SMILES string of the molecule is COc1ccc2c(=O)n(C)c(CCNC(=O)C3(N)CC3)c(-c3ccccc3)c2c1. The molecule has 0 bridgehead atoms. The molecule has 1 fully saturated rings. The minimum absolute atomic E-state index is 0.0684. The maximum atomic E-state index is 13.0. The number of rotatable bonds is 6. The summed E-state index contributed by atoms with van der Waals surface area (Å²) in [6, 6.07) is 15.5. The van der Waals surface area contributed by atoms with Crippen molar-refractivity contribution in [3.8, 4) is 16.9 Å². The van der Waals surface area contributed by atoms with Gasteiger partial charge < -0.3 is 20.4 Å². The molecule has 29 heavy (non-hydrogen) atoms. The van der Waals surface area contributed by atoms with Crippen molar-refractivity contribution in [3.05, 3.63) is 64.6 Å². The Morgan fingerprint density at radius 2 is 1.90 bits per heavy atom. The molecule has 6 nitrogen and oxygen atoms in total. The average Bonchev–Trinajstić information content (AvgIpc) is 3.50. The Hall–Kier alpha value is -3.12. The molecule has 0 atom stereocenters. The Labute approximate surface area is 169 Å². The van der Waals surface area contributed by atoms with E-state index < -0.39 is 5.54 Å². The second-order valence-corrected chi connectivity index (χ2v) is 7.63. The van der Waals surface area contributed by atoms with Crippen LogP contribution in [0.4, 0.5) is 0 Å². The molecule has 0 radical (unpaired) electrons. The normalized spacial score (nSPS) is 14.6. The first-order valence-electron chi connectivity index (χ1n) is 9.77. The van der Waals surface area contributed by atoms with Crippen LogP contribution in [-0.4, -0.2) is 29.7 Å². The van der Waals surface area contributed by atoms with Gasteiger partial charge in [0.05, 0.1) is 12.6 Å². The van der Waals surface area contributed by atoms with Gasteiger partial charge in [-0.05, 0) is 36.6 Å². The highest BCUT2D eigenvalue weighted by Gasteiger charge is 2.45. The quantitative estimate of drug-likeness (QED) is 0.675. The zero-order valence-electron chi connectivity index (χ0n) is 16.7. The molecule has 0 saturated heterocycles. The van der Waals surface area contributed by atoms with Crippen LogP contribution in [0.2, 0.25) is 0 Å². The van der Waals surface area contributed by atoms with Crippen molar-refractivity contribution < 1.29 is 9.53 Å². The minimum Gasteiger partial charge on any atom is -0.497 e. The van der Waals surface area contributed by atoms with E-state index in [1.54, 1.807) is 30.9 Å². The number of fused-ring (bicyclic) bond motifs is 1. The summed E-state index contributed by atoms with van der Waals surface area (Å²) in [5.74, 6) is 0.576. The van der Waals surface area contributed by atoms with Gasteiger partial charge in [0.25, 0.3) is 5.56 Å². The van der Waals surface area contributed by atoms with Gasteiger partial charge in [0, 0.05) is 42.0 Å². The summed E-state index contributed by atoms with van der Waals surface area (Å²) in [6.45, 7) is 0.417. The third-order valence-corrected chi connectivity index (χ3v) is 5.68. The Kier molecular flexibility index (Phi) is 4.88. The molecule has 1 heterocycles. The predicted octanol–water partition coefficient (Wildman–Crippen LogP) is 2.36. The van der Waals surface area contributed by atoms with Crippen molar-refractivity contribution in [1.29, 1.82) is 0 Å². The van der Waals surface area contributed by atoms with Crippen molar-refractivity contribution in [2.24, 2.45) is 12.8 Å². The van der Waals surface area contributed by atoms with Gasteiger partial charge in [0.2, 0.25) is 5.91 Å². The van der Waals surface area contributed by atoms with Gasteiger partial charge in [-0.3, -0.25) is 9.59 Å². The average molecular weight is 391 g/mol. The van der Waals surface area contributed by atoms with E-state index in [0.717, 1.165) is 35.0 Å². The molecule has 150 valence electrons. The molecule has 0 aliphatic heterocycles. The minimum atomic E-state index is -0.703. The maximum Gasteiger partial charge on any atom is 0.258 e. The molecular formula is C23H25N3O3. The number of carbonyl (C=O) groups excluding carboxylic acids is 1. The number of nitrogens with zero attached hydrogens (tertiary/aromatic N) is 1. The molecule has 0 spiro atoms. The Morgan fingerprint density at radius 1 is 1.17 bits per heavy atom. The summed E-state index contributed by atoms with van der Waals surface area (Å²) in [5.41, 5.74) is 8.05. The van der Waals surface area contributed by atoms with Crippen molar-refractivity contribution in [1.82, 2.24) is 9.88 Å². The monoisotopic (exact) mass is 391 g/mol. The highest BCUT2D eigenvalue weighted by Crippen LogP contribution is 2.34. The molecule has 1 aliphatic carbocycles. The van der Waals surface area contributed by atoms with Crippen molar-refractivity contribution >= 4 is 16.7 Å². The fourth-order valence-electron chi connectivity index (χ4n) is 3.72. The van der Waals surface area contributed by atoms with Gasteiger partial charge in [-0.1, -0.05) is 30.3 Å². The van der Waals surface area contributed by atoms with E-state index >= 15 is 0 Å². The fraction of sp³-hybridized carbons (Fsp3) is 0.304. The number of aromatic nitrogens is 1. The number of hydrogen-bond acceptors (Lipinski definition) is 4. The van der Waals surface area contributed by atoms with E-state index in [1.807, 2.05) is 36.4 Å². The van der Waals surface area contributed by atoms with Crippen molar-refractivity contribution in [3.63, 3.8) is 0 Å². The zero-order valence-corrected chi connectivity index (χ0v) is 16.7. The lowest BCUT2D eigenvalue weighted by atomic mass is 9.95. The third kappa shape index (κ3) is 3.51. The van der Waals surface area contributed by atoms with Gasteiger partial charge in [0.15, 0.2) is 0 Å². The lowest BCUT2D eigenvalue weighted by molar-refractivity contribution is -0.123. The lowest BCUT2D eigenvalue weighted by Gasteiger charge is -2.19. The third-order valence-electron chi connectivity index (χ3n) is 5.68. The second-order valence-electron chi connectivity index (χ2n) is 7.63. The molecule has 1 amide bonds. The predicted molar refractivity (Wildman–Crippen MR) is 114 cm³/mol. The Bertz CT molecular complexity index is 1130. The summed E-state index contributed by atoms with van der Waals surface area (Å²) in [6.07, 6.45) is 1.97. The van der Waals surface area contributed by atoms with E-state index in [0.29, 0.717) is 24.1 Å². The Morgan fingerprint density at radius 3 is 2.55 bits per heavy atom. The molecule has 0 unspecified atom stereocenters. The van der Waals surface area contributed by atoms with E-state index in [1.165, 1.54) is 0 Å². The highest BCUT2D eigenvalue weighted by atomic mass is 16.5. The van der Waals surface area contributed by atoms with Crippen molar-refractivity contribution in [2.75, 3.05) is 13.7 Å². The fourth-order valence-corrected chi connectivity index (χ4v) is 3.72. The molecule has 6 heteroatoms. The number of nitrogens with one attached hydrogen (secondary N) is 1. The molecule has 1 aliphatic rings. The first-order valence-corrected chi connectivity index (χ1v) is 9.77. The lowest BCUT2D eigenvalue weighted by Crippen LogP contribution is -2.43. The molecule has 3 aromatic rings. The van der Waals surface area contributed by atoms with Crippen molar-refractivity contribution in [2.45, 2.75) is 24.8 Å². The molecular weight excluding hydrogens is 366 g/mol. The number of nitrogens with two attached hydrogens (primary N) is 1. The van der Waals surface area contributed by atoms with Crippen LogP contribution in [0.3, 0.4) is 0 Å². The summed E-state index contributed by atoms with van der Waals surface area (Å²) in [7, 11) is 3.39.